The lowest BCUT2D eigenvalue weighted by Crippen LogP contribution is -2.31. The monoisotopic (exact) mass is 210 g/mol. The van der Waals surface area contributed by atoms with Gasteiger partial charge in [0.05, 0.1) is 0 Å². The summed E-state index contributed by atoms with van der Waals surface area (Å²) >= 11 is 0. The van der Waals surface area contributed by atoms with Gasteiger partial charge in [0.1, 0.15) is 7.05 Å². The number of hydrogen-bond acceptors (Lipinski definition) is 0. The first-order valence-electron chi connectivity index (χ1n) is 5.92. The van der Waals surface area contributed by atoms with Gasteiger partial charge in [-0.1, -0.05) is 18.2 Å². The third-order valence-electron chi connectivity index (χ3n) is 3.45. The van der Waals surface area contributed by atoms with Crippen LogP contribution in [-0.2, 0) is 19.9 Å². The van der Waals surface area contributed by atoms with Crippen LogP contribution in [-0.4, -0.2) is 0 Å². The van der Waals surface area contributed by atoms with Gasteiger partial charge in [-0.2, -0.15) is 0 Å². The largest absolute Gasteiger partial charge is 0.215 e. The van der Waals surface area contributed by atoms with E-state index in [-0.39, 0.29) is 0 Å². The minimum Gasteiger partial charge on any atom is -0.201 e. The Bertz CT molecular complexity index is 514. The maximum atomic E-state index is 2.27. The Labute approximate surface area is 96.4 Å². The Morgan fingerprint density at radius 2 is 1.81 bits per heavy atom. The van der Waals surface area contributed by atoms with Crippen molar-refractivity contribution in [2.24, 2.45) is 7.05 Å². The van der Waals surface area contributed by atoms with Gasteiger partial charge in [-0.15, -0.1) is 0 Å². The molecule has 0 radical (unpaired) electrons. The van der Waals surface area contributed by atoms with E-state index >= 15 is 0 Å². The van der Waals surface area contributed by atoms with Crippen molar-refractivity contribution in [2.45, 2.75) is 19.3 Å². The SMILES string of the molecule is C[n+]1ccc2c(c1-c1ccccc1)CCC2. The van der Waals surface area contributed by atoms with Gasteiger partial charge in [-0.05, 0) is 37.0 Å². The first-order valence-corrected chi connectivity index (χ1v) is 5.92. The second-order valence-corrected chi connectivity index (χ2v) is 4.50. The Kier molecular flexibility index (Phi) is 2.24. The van der Waals surface area contributed by atoms with Crippen molar-refractivity contribution in [3.05, 3.63) is 53.7 Å². The van der Waals surface area contributed by atoms with Crippen molar-refractivity contribution in [3.8, 4) is 11.3 Å². The molecule has 16 heavy (non-hydrogen) atoms. The second-order valence-electron chi connectivity index (χ2n) is 4.50. The van der Waals surface area contributed by atoms with E-state index in [0.717, 1.165) is 0 Å². The molecule has 0 saturated carbocycles. The zero-order valence-electron chi connectivity index (χ0n) is 9.61. The molecule has 1 aliphatic carbocycles. The minimum atomic E-state index is 1.23. The lowest BCUT2D eigenvalue weighted by atomic mass is 10.0. The molecular weight excluding hydrogens is 194 g/mol. The van der Waals surface area contributed by atoms with Gasteiger partial charge in [0, 0.05) is 17.2 Å². The van der Waals surface area contributed by atoms with Crippen LogP contribution in [0, 0.1) is 0 Å². The number of benzene rings is 1. The number of nitrogens with zero attached hydrogens (tertiary/aromatic N) is 1. The number of rotatable bonds is 1. The highest BCUT2D eigenvalue weighted by Crippen LogP contribution is 2.29. The van der Waals surface area contributed by atoms with E-state index in [0.29, 0.717) is 0 Å². The molecule has 0 unspecified atom stereocenters. The van der Waals surface area contributed by atoms with Gasteiger partial charge in [-0.25, -0.2) is 4.57 Å². The number of hydrogen-bond donors (Lipinski definition) is 0. The second kappa shape index (κ2) is 3.75. The van der Waals surface area contributed by atoms with E-state index in [2.05, 4.69) is 54.2 Å². The van der Waals surface area contributed by atoms with Gasteiger partial charge in [-0.3, -0.25) is 0 Å². The molecule has 1 heterocycles. The molecule has 0 amide bonds. The third kappa shape index (κ3) is 1.44. The zero-order valence-corrected chi connectivity index (χ0v) is 9.61. The molecule has 3 rings (SSSR count). The van der Waals surface area contributed by atoms with Crippen molar-refractivity contribution in [1.82, 2.24) is 0 Å². The van der Waals surface area contributed by atoms with Crippen LogP contribution in [0.4, 0.5) is 0 Å². The fourth-order valence-electron chi connectivity index (χ4n) is 2.68. The summed E-state index contributed by atoms with van der Waals surface area (Å²) in [6.07, 6.45) is 5.97. The summed E-state index contributed by atoms with van der Waals surface area (Å²) in [6, 6.07) is 13.0. The molecule has 1 aliphatic rings. The highest BCUT2D eigenvalue weighted by molar-refractivity contribution is 5.62. The van der Waals surface area contributed by atoms with E-state index in [1.165, 1.54) is 36.1 Å². The Hall–Kier alpha value is -1.63. The maximum absolute atomic E-state index is 2.27. The van der Waals surface area contributed by atoms with E-state index in [1.54, 1.807) is 5.56 Å². The fraction of sp³-hybridized carbons (Fsp3) is 0.267. The molecular formula is C15H16N+. The standard InChI is InChI=1S/C15H16N/c1-16-11-10-12-8-5-9-14(12)15(16)13-6-3-2-4-7-13/h2-4,6-7,10-11H,5,8-9H2,1H3/q+1. The van der Waals surface area contributed by atoms with E-state index in [4.69, 9.17) is 0 Å². The van der Waals surface area contributed by atoms with E-state index < -0.39 is 0 Å². The highest BCUT2D eigenvalue weighted by Gasteiger charge is 2.22. The molecule has 1 heteroatoms. The van der Waals surface area contributed by atoms with Crippen molar-refractivity contribution < 1.29 is 4.57 Å². The highest BCUT2D eigenvalue weighted by atomic mass is 14.9. The first-order chi connectivity index (χ1) is 7.86. The summed E-state index contributed by atoms with van der Waals surface area (Å²) in [5.41, 5.74) is 5.83. The summed E-state index contributed by atoms with van der Waals surface area (Å²) in [4.78, 5) is 0. The molecule has 0 N–H and O–H groups in total. The van der Waals surface area contributed by atoms with Crippen molar-refractivity contribution in [3.63, 3.8) is 0 Å². The lowest BCUT2D eigenvalue weighted by molar-refractivity contribution is -0.660. The fourth-order valence-corrected chi connectivity index (χ4v) is 2.68. The Balaban J connectivity index is 2.24. The summed E-state index contributed by atoms with van der Waals surface area (Å²) in [5, 5.41) is 0. The molecule has 0 fully saturated rings. The van der Waals surface area contributed by atoms with Gasteiger partial charge >= 0.3 is 0 Å². The van der Waals surface area contributed by atoms with Crippen LogP contribution in [0.15, 0.2) is 42.6 Å². The Morgan fingerprint density at radius 1 is 1.00 bits per heavy atom. The van der Waals surface area contributed by atoms with Crippen LogP contribution in [0.2, 0.25) is 0 Å². The van der Waals surface area contributed by atoms with Gasteiger partial charge in [0.15, 0.2) is 6.20 Å². The number of fused-ring (bicyclic) bond motifs is 1. The normalized spacial score (nSPS) is 13.8. The molecule has 80 valence electrons. The average molecular weight is 210 g/mol. The molecule has 1 nitrogen and oxygen atoms in total. The Morgan fingerprint density at radius 3 is 2.62 bits per heavy atom. The third-order valence-corrected chi connectivity index (χ3v) is 3.45. The predicted molar refractivity (Wildman–Crippen MR) is 65.1 cm³/mol. The average Bonchev–Trinajstić information content (AvgIpc) is 2.78. The molecule has 1 aromatic carbocycles. The van der Waals surface area contributed by atoms with Crippen molar-refractivity contribution in [1.29, 1.82) is 0 Å². The lowest BCUT2D eigenvalue weighted by Gasteiger charge is -2.05. The summed E-state index contributed by atoms with van der Waals surface area (Å²) in [5.74, 6) is 0. The quantitative estimate of drug-likeness (QED) is 0.637. The number of pyridine rings is 1. The van der Waals surface area contributed by atoms with Crippen LogP contribution >= 0.6 is 0 Å². The van der Waals surface area contributed by atoms with Crippen LogP contribution in [0.25, 0.3) is 11.3 Å². The molecule has 0 atom stereocenters. The van der Waals surface area contributed by atoms with Gasteiger partial charge in [0.2, 0.25) is 5.69 Å². The maximum Gasteiger partial charge on any atom is 0.215 e. The first kappa shape index (κ1) is 9.59. The van der Waals surface area contributed by atoms with E-state index in [9.17, 15) is 0 Å². The molecule has 0 aliphatic heterocycles. The van der Waals surface area contributed by atoms with E-state index in [1.807, 2.05) is 0 Å². The molecule has 1 aromatic heterocycles. The van der Waals surface area contributed by atoms with Gasteiger partial charge in [0.25, 0.3) is 0 Å². The molecule has 0 saturated heterocycles. The van der Waals surface area contributed by atoms with Gasteiger partial charge < -0.3 is 0 Å². The predicted octanol–water partition coefficient (Wildman–Crippen LogP) is 2.67. The molecule has 0 spiro atoms. The van der Waals surface area contributed by atoms with Crippen molar-refractivity contribution >= 4 is 0 Å². The summed E-state index contributed by atoms with van der Waals surface area (Å²) < 4.78 is 2.25. The zero-order chi connectivity index (χ0) is 11.0. The number of aromatic nitrogens is 1. The van der Waals surface area contributed by atoms with Crippen LogP contribution in [0.3, 0.4) is 0 Å². The topological polar surface area (TPSA) is 3.88 Å². The van der Waals surface area contributed by atoms with Crippen LogP contribution in [0.5, 0.6) is 0 Å². The number of aryl methyl sites for hydroxylation is 2. The summed E-state index contributed by atoms with van der Waals surface area (Å²) in [7, 11) is 2.14. The molecule has 0 bridgehead atoms. The minimum absolute atomic E-state index is 1.23. The molecule has 2 aromatic rings. The smallest absolute Gasteiger partial charge is 0.201 e. The van der Waals surface area contributed by atoms with Crippen LogP contribution in [0.1, 0.15) is 17.5 Å². The van der Waals surface area contributed by atoms with Crippen molar-refractivity contribution in [2.75, 3.05) is 0 Å². The summed E-state index contributed by atoms with van der Waals surface area (Å²) in [6.45, 7) is 0. The van der Waals surface area contributed by atoms with Crippen LogP contribution < -0.4 is 4.57 Å².